The largest absolute Gasteiger partial charge is 0.300 e. The highest BCUT2D eigenvalue weighted by atomic mass is 16.1. The molecule has 1 heteroatoms. The maximum atomic E-state index is 11.1. The third-order valence-corrected chi connectivity index (χ3v) is 3.62. The van der Waals surface area contributed by atoms with Crippen molar-refractivity contribution in [2.75, 3.05) is 0 Å². The first-order valence-electron chi connectivity index (χ1n) is 8.93. The minimum absolute atomic E-state index is 0.192. The SMILES string of the molecule is CC/C=C\C/C=C\C/C=C\C/C=C\C/C=C\CCC(C)C(C)=O. The van der Waals surface area contributed by atoms with Gasteiger partial charge in [-0.25, -0.2) is 0 Å². The molecule has 0 aromatic carbocycles. The molecule has 0 aliphatic heterocycles. The van der Waals surface area contributed by atoms with E-state index in [1.165, 1.54) is 0 Å². The molecule has 1 nitrogen and oxygen atoms in total. The smallest absolute Gasteiger partial charge is 0.132 e. The lowest BCUT2D eigenvalue weighted by atomic mass is 10.0. The Balaban J connectivity index is 3.54. The number of allylic oxidation sites excluding steroid dienone is 10. The molecular weight excluding hydrogens is 280 g/mol. The van der Waals surface area contributed by atoms with Gasteiger partial charge in [0.05, 0.1) is 0 Å². The molecule has 0 saturated carbocycles. The normalized spacial score (nSPS) is 14.2. The summed E-state index contributed by atoms with van der Waals surface area (Å²) in [6.45, 7) is 5.82. The summed E-state index contributed by atoms with van der Waals surface area (Å²) in [4.78, 5) is 11.1. The van der Waals surface area contributed by atoms with Crippen molar-refractivity contribution in [2.45, 2.75) is 65.7 Å². The third-order valence-electron chi connectivity index (χ3n) is 3.62. The van der Waals surface area contributed by atoms with E-state index in [9.17, 15) is 4.79 Å². The van der Waals surface area contributed by atoms with Crippen LogP contribution in [0.4, 0.5) is 0 Å². The van der Waals surface area contributed by atoms with Crippen LogP contribution in [0.2, 0.25) is 0 Å². The monoisotopic (exact) mass is 314 g/mol. The Bertz CT molecular complexity index is 421. The molecular formula is C22H34O. The van der Waals surface area contributed by atoms with Crippen LogP contribution in [-0.2, 0) is 4.79 Å². The molecule has 1 unspecified atom stereocenters. The first-order valence-corrected chi connectivity index (χ1v) is 8.93. The van der Waals surface area contributed by atoms with Gasteiger partial charge >= 0.3 is 0 Å². The Morgan fingerprint density at radius 2 is 1.13 bits per heavy atom. The van der Waals surface area contributed by atoms with Crippen molar-refractivity contribution >= 4 is 5.78 Å². The standard InChI is InChI=1S/C22H34O/c1-4-5-6-7-8-9-10-11-12-13-14-15-16-17-18-19-20-21(2)22(3)23/h5-6,8-9,11-12,14-15,17-18,21H,4,7,10,13,16,19-20H2,1-3H3/b6-5-,9-8-,12-11-,15-14-,18-17-. The Labute approximate surface area is 143 Å². The van der Waals surface area contributed by atoms with Crippen LogP contribution in [0, 0.1) is 5.92 Å². The predicted molar refractivity (Wildman–Crippen MR) is 104 cm³/mol. The van der Waals surface area contributed by atoms with Gasteiger partial charge in [-0.1, -0.05) is 74.6 Å². The lowest BCUT2D eigenvalue weighted by molar-refractivity contribution is -0.120. The van der Waals surface area contributed by atoms with Crippen molar-refractivity contribution < 1.29 is 4.79 Å². The molecule has 128 valence electrons. The van der Waals surface area contributed by atoms with Gasteiger partial charge in [-0.3, -0.25) is 4.79 Å². The van der Waals surface area contributed by atoms with Gasteiger partial charge in [0, 0.05) is 5.92 Å². The summed E-state index contributed by atoms with van der Waals surface area (Å²) in [7, 11) is 0. The van der Waals surface area contributed by atoms with E-state index < -0.39 is 0 Å². The molecule has 0 amide bonds. The van der Waals surface area contributed by atoms with Crippen molar-refractivity contribution in [1.29, 1.82) is 0 Å². The Hall–Kier alpha value is -1.63. The average molecular weight is 315 g/mol. The summed E-state index contributed by atoms with van der Waals surface area (Å²) in [5.74, 6) is 0.481. The Morgan fingerprint density at radius 1 is 0.739 bits per heavy atom. The fraction of sp³-hybridized carbons (Fsp3) is 0.500. The second-order valence-corrected chi connectivity index (χ2v) is 5.80. The number of ketones is 1. The van der Waals surface area contributed by atoms with Crippen molar-refractivity contribution in [3.05, 3.63) is 60.8 Å². The van der Waals surface area contributed by atoms with Gasteiger partial charge in [-0.05, 0) is 51.9 Å². The third kappa shape index (κ3) is 16.6. The molecule has 0 fully saturated rings. The zero-order valence-corrected chi connectivity index (χ0v) is 15.2. The molecule has 0 aromatic rings. The fourth-order valence-corrected chi connectivity index (χ4v) is 1.92. The van der Waals surface area contributed by atoms with Gasteiger partial charge < -0.3 is 0 Å². The van der Waals surface area contributed by atoms with Crippen molar-refractivity contribution in [3.63, 3.8) is 0 Å². The maximum Gasteiger partial charge on any atom is 0.132 e. The zero-order valence-electron chi connectivity index (χ0n) is 15.2. The molecule has 0 bridgehead atoms. The summed E-state index contributed by atoms with van der Waals surface area (Å²) in [5, 5.41) is 0. The van der Waals surface area contributed by atoms with Crippen LogP contribution in [0.1, 0.15) is 65.7 Å². The number of carbonyl (C=O) groups is 1. The summed E-state index contributed by atoms with van der Waals surface area (Å²) in [6, 6.07) is 0. The fourth-order valence-electron chi connectivity index (χ4n) is 1.92. The van der Waals surface area contributed by atoms with E-state index >= 15 is 0 Å². The minimum atomic E-state index is 0.192. The van der Waals surface area contributed by atoms with Crippen LogP contribution in [0.15, 0.2) is 60.8 Å². The molecule has 0 radical (unpaired) electrons. The highest BCUT2D eigenvalue weighted by Gasteiger charge is 2.04. The number of hydrogen-bond donors (Lipinski definition) is 0. The molecule has 1 atom stereocenters. The molecule has 0 N–H and O–H groups in total. The number of hydrogen-bond acceptors (Lipinski definition) is 1. The zero-order chi connectivity index (χ0) is 17.2. The van der Waals surface area contributed by atoms with E-state index in [1.807, 2.05) is 6.92 Å². The molecule has 0 saturated heterocycles. The molecule has 0 aliphatic rings. The maximum absolute atomic E-state index is 11.1. The van der Waals surface area contributed by atoms with Crippen LogP contribution >= 0.6 is 0 Å². The first-order chi connectivity index (χ1) is 11.2. The van der Waals surface area contributed by atoms with Gasteiger partial charge in [-0.15, -0.1) is 0 Å². The van der Waals surface area contributed by atoms with E-state index in [0.29, 0.717) is 0 Å². The van der Waals surface area contributed by atoms with E-state index in [-0.39, 0.29) is 11.7 Å². The lowest BCUT2D eigenvalue weighted by Gasteiger charge is -2.03. The minimum Gasteiger partial charge on any atom is -0.300 e. The van der Waals surface area contributed by atoms with Gasteiger partial charge in [0.15, 0.2) is 0 Å². The van der Waals surface area contributed by atoms with Gasteiger partial charge in [-0.2, -0.15) is 0 Å². The first kappa shape index (κ1) is 21.4. The van der Waals surface area contributed by atoms with Crippen LogP contribution < -0.4 is 0 Å². The van der Waals surface area contributed by atoms with Crippen molar-refractivity contribution in [3.8, 4) is 0 Å². The molecule has 0 aliphatic carbocycles. The highest BCUT2D eigenvalue weighted by Crippen LogP contribution is 2.07. The van der Waals surface area contributed by atoms with Crippen LogP contribution in [0.3, 0.4) is 0 Å². The highest BCUT2D eigenvalue weighted by molar-refractivity contribution is 5.77. The number of Topliss-reactive ketones (excluding diaryl/α,β-unsaturated/α-hetero) is 1. The summed E-state index contributed by atoms with van der Waals surface area (Å²) in [6.07, 6.45) is 29.1. The number of carbonyl (C=O) groups excluding carboxylic acids is 1. The summed E-state index contributed by atoms with van der Waals surface area (Å²) in [5.41, 5.74) is 0. The second kappa shape index (κ2) is 16.7. The molecule has 23 heavy (non-hydrogen) atoms. The van der Waals surface area contributed by atoms with Crippen molar-refractivity contribution in [2.24, 2.45) is 5.92 Å². The number of rotatable bonds is 13. The van der Waals surface area contributed by atoms with E-state index in [0.717, 1.165) is 44.9 Å². The molecule has 0 heterocycles. The van der Waals surface area contributed by atoms with Crippen LogP contribution in [0.5, 0.6) is 0 Å². The van der Waals surface area contributed by atoms with Crippen LogP contribution in [0.25, 0.3) is 0 Å². The van der Waals surface area contributed by atoms with Gasteiger partial charge in [0.25, 0.3) is 0 Å². The van der Waals surface area contributed by atoms with Gasteiger partial charge in [0.1, 0.15) is 5.78 Å². The van der Waals surface area contributed by atoms with E-state index in [4.69, 9.17) is 0 Å². The quantitative estimate of drug-likeness (QED) is 0.344. The van der Waals surface area contributed by atoms with Crippen molar-refractivity contribution in [1.82, 2.24) is 0 Å². The topological polar surface area (TPSA) is 17.1 Å². The summed E-state index contributed by atoms with van der Waals surface area (Å²) >= 11 is 0. The van der Waals surface area contributed by atoms with Crippen LogP contribution in [-0.4, -0.2) is 5.78 Å². The molecule has 0 rings (SSSR count). The molecule has 0 spiro atoms. The summed E-state index contributed by atoms with van der Waals surface area (Å²) < 4.78 is 0. The van der Waals surface area contributed by atoms with E-state index in [2.05, 4.69) is 67.7 Å². The van der Waals surface area contributed by atoms with E-state index in [1.54, 1.807) is 6.92 Å². The van der Waals surface area contributed by atoms with Gasteiger partial charge in [0.2, 0.25) is 0 Å². The molecule has 0 aromatic heterocycles. The predicted octanol–water partition coefficient (Wildman–Crippen LogP) is 6.74. The Morgan fingerprint density at radius 3 is 1.52 bits per heavy atom. The average Bonchev–Trinajstić information content (AvgIpc) is 2.54. The second-order valence-electron chi connectivity index (χ2n) is 5.80. The Kier molecular flexibility index (Phi) is 15.5. The lowest BCUT2D eigenvalue weighted by Crippen LogP contribution is -2.04.